The first kappa shape index (κ1) is 64.3. The number of nitrogens with one attached hydrogen (secondary N) is 1. The second-order valence-corrected chi connectivity index (χ2v) is 18.3. The minimum Gasteiger partial charge on any atom is -0.394 e. The van der Waals surface area contributed by atoms with Crippen molar-refractivity contribution in [1.82, 2.24) is 5.32 Å². The molecule has 0 bridgehead atoms. The van der Waals surface area contributed by atoms with Crippen LogP contribution in [0, 0.1) is 0 Å². The van der Waals surface area contributed by atoms with Gasteiger partial charge < -0.3 is 40.3 Å². The Bertz CT molecular complexity index is 1550. The predicted molar refractivity (Wildman–Crippen MR) is 294 cm³/mol. The van der Waals surface area contributed by atoms with E-state index in [1.54, 1.807) is 6.08 Å². The zero-order valence-electron chi connectivity index (χ0n) is 43.7. The van der Waals surface area contributed by atoms with Gasteiger partial charge in [0.05, 0.1) is 25.4 Å². The lowest BCUT2D eigenvalue weighted by molar-refractivity contribution is -0.302. The van der Waals surface area contributed by atoms with Crippen molar-refractivity contribution < 1.29 is 39.8 Å². The van der Waals surface area contributed by atoms with Gasteiger partial charge in [-0.1, -0.05) is 205 Å². The van der Waals surface area contributed by atoms with Gasteiger partial charge in [0.2, 0.25) is 5.91 Å². The van der Waals surface area contributed by atoms with Crippen LogP contribution in [0.15, 0.2) is 134 Å². The number of unbranched alkanes of at least 4 members (excludes halogenated alkanes) is 14. The van der Waals surface area contributed by atoms with Gasteiger partial charge in [-0.3, -0.25) is 4.79 Å². The molecule has 0 radical (unpaired) electrons. The average Bonchev–Trinajstić information content (AvgIpc) is 3.36. The highest BCUT2D eigenvalue weighted by molar-refractivity contribution is 5.76. The molecule has 396 valence electrons. The van der Waals surface area contributed by atoms with Gasteiger partial charge in [0, 0.05) is 6.42 Å². The molecule has 6 N–H and O–H groups in total. The molecule has 0 aliphatic carbocycles. The number of rotatable bonds is 44. The molecule has 1 heterocycles. The molecule has 1 fully saturated rings. The third-order valence-corrected chi connectivity index (χ3v) is 11.9. The Labute approximate surface area is 426 Å². The van der Waals surface area contributed by atoms with Crippen LogP contribution in [-0.4, -0.2) is 87.5 Å². The highest BCUT2D eigenvalue weighted by Crippen LogP contribution is 2.22. The summed E-state index contributed by atoms with van der Waals surface area (Å²) in [5.74, 6) is -0.239. The van der Waals surface area contributed by atoms with E-state index in [1.807, 2.05) is 6.08 Å². The van der Waals surface area contributed by atoms with E-state index in [0.29, 0.717) is 12.8 Å². The van der Waals surface area contributed by atoms with Crippen molar-refractivity contribution in [3.8, 4) is 0 Å². The molecule has 70 heavy (non-hydrogen) atoms. The maximum atomic E-state index is 13.0. The maximum Gasteiger partial charge on any atom is 0.220 e. The molecular formula is C61H99NO8. The van der Waals surface area contributed by atoms with E-state index >= 15 is 0 Å². The Morgan fingerprint density at radius 2 is 0.900 bits per heavy atom. The lowest BCUT2D eigenvalue weighted by Gasteiger charge is -2.40. The van der Waals surface area contributed by atoms with Gasteiger partial charge in [-0.15, -0.1) is 0 Å². The zero-order chi connectivity index (χ0) is 50.8. The Kier molecular flexibility index (Phi) is 45.0. The lowest BCUT2D eigenvalue weighted by atomic mass is 9.99. The van der Waals surface area contributed by atoms with E-state index in [-0.39, 0.29) is 18.9 Å². The van der Waals surface area contributed by atoms with Gasteiger partial charge >= 0.3 is 0 Å². The van der Waals surface area contributed by atoms with Crippen molar-refractivity contribution in [1.29, 1.82) is 0 Å². The van der Waals surface area contributed by atoms with Crippen LogP contribution in [-0.2, 0) is 14.3 Å². The van der Waals surface area contributed by atoms with E-state index in [0.717, 1.165) is 89.9 Å². The minimum absolute atomic E-state index is 0.233. The molecule has 9 nitrogen and oxygen atoms in total. The van der Waals surface area contributed by atoms with Crippen LogP contribution in [0.5, 0.6) is 0 Å². The molecule has 0 spiro atoms. The topological polar surface area (TPSA) is 149 Å². The fraction of sp³-hybridized carbons (Fsp3) is 0.623. The SMILES string of the molecule is CC/C=C\C/C=C\C/C=C\C/C=C\C/C=C\C/C=C\C/C=C\C/C=C\CCCCC(=O)NC(COC1OC(CO)C(O)C(O)C1O)C(O)/C=C/CC/C=C/CC/C=C/CCCCCCCCCCCC. The molecule has 0 aromatic heterocycles. The Morgan fingerprint density at radius 1 is 0.500 bits per heavy atom. The van der Waals surface area contributed by atoms with E-state index in [9.17, 15) is 30.3 Å². The predicted octanol–water partition coefficient (Wildman–Crippen LogP) is 13.3. The Balaban J connectivity index is 2.36. The third kappa shape index (κ3) is 38.1. The van der Waals surface area contributed by atoms with Gasteiger partial charge in [-0.25, -0.2) is 0 Å². The highest BCUT2D eigenvalue weighted by atomic mass is 16.7. The molecule has 9 heteroatoms. The summed E-state index contributed by atoms with van der Waals surface area (Å²) in [4.78, 5) is 13.0. The molecular weight excluding hydrogens is 875 g/mol. The molecule has 7 unspecified atom stereocenters. The Morgan fingerprint density at radius 3 is 1.37 bits per heavy atom. The first-order valence-electron chi connectivity index (χ1n) is 27.4. The summed E-state index contributed by atoms with van der Waals surface area (Å²) >= 11 is 0. The number of amides is 1. The first-order valence-corrected chi connectivity index (χ1v) is 27.4. The van der Waals surface area contributed by atoms with Crippen molar-refractivity contribution in [2.75, 3.05) is 13.2 Å². The van der Waals surface area contributed by atoms with E-state index < -0.39 is 49.5 Å². The van der Waals surface area contributed by atoms with E-state index in [2.05, 4.69) is 141 Å². The molecule has 0 saturated carbocycles. The van der Waals surface area contributed by atoms with Crippen LogP contribution < -0.4 is 5.32 Å². The van der Waals surface area contributed by atoms with Crippen LogP contribution in [0.25, 0.3) is 0 Å². The van der Waals surface area contributed by atoms with Crippen molar-refractivity contribution in [3.05, 3.63) is 134 Å². The summed E-state index contributed by atoms with van der Waals surface area (Å²) in [6, 6.07) is -0.863. The van der Waals surface area contributed by atoms with Crippen LogP contribution in [0.4, 0.5) is 0 Å². The number of aliphatic hydroxyl groups excluding tert-OH is 5. The fourth-order valence-corrected chi connectivity index (χ4v) is 7.61. The minimum atomic E-state index is -1.59. The second-order valence-electron chi connectivity index (χ2n) is 18.3. The van der Waals surface area contributed by atoms with Crippen LogP contribution >= 0.6 is 0 Å². The standard InChI is InChI=1S/C61H99NO8/c1-3-5-7-9-11-13-15-17-19-21-23-25-26-27-28-29-30-31-33-35-37-39-41-43-45-47-49-51-57(65)62-54(53-69-61-60(68)59(67)58(66)56(52-63)70-61)55(64)50-48-46-44-42-40-38-36-34-32-24-22-20-18-16-14-12-10-8-6-4-2/h5,7,11,13,17,19,23,25,27-28,30-32,34-35,37,40-43,48,50,54-56,58-61,63-64,66-68H,3-4,6,8-10,12,14-16,18,20-22,24,26,29,33,36,38-39,44-47,49,51-53H2,1-2H3,(H,62,65)/b7-5-,13-11-,19-17-,25-23-,28-27-,31-30-,34-32+,37-35-,42-40+,43-41-,50-48+. The largest absolute Gasteiger partial charge is 0.394 e. The summed E-state index contributed by atoms with van der Waals surface area (Å²) in [5.41, 5.74) is 0. The van der Waals surface area contributed by atoms with Crippen molar-refractivity contribution in [2.24, 2.45) is 0 Å². The molecule has 1 amide bonds. The number of hydrogen-bond donors (Lipinski definition) is 6. The van der Waals surface area contributed by atoms with Gasteiger partial charge in [0.15, 0.2) is 6.29 Å². The summed E-state index contributed by atoms with van der Waals surface area (Å²) in [6.07, 6.45) is 67.9. The highest BCUT2D eigenvalue weighted by Gasteiger charge is 2.44. The van der Waals surface area contributed by atoms with Crippen LogP contribution in [0.1, 0.15) is 187 Å². The second kappa shape index (κ2) is 48.9. The quantitative estimate of drug-likeness (QED) is 0.0261. The number of ether oxygens (including phenoxy) is 2. The lowest BCUT2D eigenvalue weighted by Crippen LogP contribution is -2.60. The third-order valence-electron chi connectivity index (χ3n) is 11.9. The molecule has 1 rings (SSSR count). The average molecular weight is 974 g/mol. The smallest absolute Gasteiger partial charge is 0.220 e. The molecule has 0 aromatic rings. The van der Waals surface area contributed by atoms with Crippen molar-refractivity contribution in [2.45, 2.75) is 230 Å². The van der Waals surface area contributed by atoms with Crippen LogP contribution in [0.2, 0.25) is 0 Å². The molecule has 1 aliphatic rings. The maximum absolute atomic E-state index is 13.0. The van der Waals surface area contributed by atoms with Gasteiger partial charge in [0.1, 0.15) is 24.4 Å². The fourth-order valence-electron chi connectivity index (χ4n) is 7.61. The molecule has 7 atom stereocenters. The summed E-state index contributed by atoms with van der Waals surface area (Å²) < 4.78 is 11.2. The number of aliphatic hydroxyl groups is 5. The normalized spacial score (nSPS) is 20.5. The Hall–Kier alpha value is -3.67. The van der Waals surface area contributed by atoms with Gasteiger partial charge in [-0.2, -0.15) is 0 Å². The van der Waals surface area contributed by atoms with Crippen molar-refractivity contribution >= 4 is 5.91 Å². The zero-order valence-corrected chi connectivity index (χ0v) is 43.7. The van der Waals surface area contributed by atoms with Gasteiger partial charge in [0.25, 0.3) is 0 Å². The summed E-state index contributed by atoms with van der Waals surface area (Å²) in [6.45, 7) is 3.60. The molecule has 1 aliphatic heterocycles. The number of carbonyl (C=O) groups excluding carboxylic acids is 1. The van der Waals surface area contributed by atoms with Crippen LogP contribution in [0.3, 0.4) is 0 Å². The number of hydrogen-bond acceptors (Lipinski definition) is 8. The summed E-state index contributed by atoms with van der Waals surface area (Å²) in [7, 11) is 0. The number of allylic oxidation sites excluding steroid dienone is 21. The van der Waals surface area contributed by atoms with E-state index in [4.69, 9.17) is 9.47 Å². The summed E-state index contributed by atoms with van der Waals surface area (Å²) in [5, 5.41) is 54.4. The van der Waals surface area contributed by atoms with Crippen molar-refractivity contribution in [3.63, 3.8) is 0 Å². The van der Waals surface area contributed by atoms with E-state index in [1.165, 1.54) is 64.2 Å². The monoisotopic (exact) mass is 974 g/mol. The molecule has 1 saturated heterocycles. The van der Waals surface area contributed by atoms with Gasteiger partial charge in [-0.05, 0) is 109 Å². The first-order chi connectivity index (χ1) is 34.3. The number of carbonyl (C=O) groups is 1. The molecule has 0 aromatic carbocycles.